The number of rotatable bonds is 9. The van der Waals surface area contributed by atoms with Gasteiger partial charge < -0.3 is 5.32 Å². The second kappa shape index (κ2) is 14.8. The van der Waals surface area contributed by atoms with Crippen LogP contribution in [0.25, 0.3) is 0 Å². The Labute approximate surface area is 185 Å². The highest BCUT2D eigenvalue weighted by Crippen LogP contribution is 2.33. The molecule has 168 valence electrons. The van der Waals surface area contributed by atoms with E-state index in [1.165, 1.54) is 16.3 Å². The molecule has 0 saturated heterocycles. The maximum atomic E-state index is 13.5. The number of thioether (sulfide) groups is 1. The predicted molar refractivity (Wildman–Crippen MR) is 128 cm³/mol. The quantitative estimate of drug-likeness (QED) is 0.419. The molecule has 0 aliphatic carbocycles. The lowest BCUT2D eigenvalue weighted by atomic mass is 10.2. The van der Waals surface area contributed by atoms with Crippen LogP contribution in [-0.2, 0) is 19.5 Å². The Morgan fingerprint density at radius 3 is 2.33 bits per heavy atom. The van der Waals surface area contributed by atoms with E-state index in [2.05, 4.69) is 42.6 Å². The van der Waals surface area contributed by atoms with Gasteiger partial charge >= 0.3 is 0 Å². The summed E-state index contributed by atoms with van der Waals surface area (Å²) in [6.45, 7) is 17.1. The molecule has 1 heterocycles. The minimum Gasteiger partial charge on any atom is -0.384 e. The van der Waals surface area contributed by atoms with E-state index in [4.69, 9.17) is 0 Å². The number of benzene rings is 1. The summed E-state index contributed by atoms with van der Waals surface area (Å²) < 4.78 is 28.2. The number of nitrogens with one attached hydrogen (secondary N) is 1. The Balaban J connectivity index is 0.00000125. The van der Waals surface area contributed by atoms with Crippen molar-refractivity contribution in [2.75, 3.05) is 5.75 Å². The highest BCUT2D eigenvalue weighted by Gasteiger charge is 2.29. The number of alkyl halides is 2. The minimum absolute atomic E-state index is 0.0163. The van der Waals surface area contributed by atoms with Gasteiger partial charge in [0, 0.05) is 37.2 Å². The second-order valence-electron chi connectivity index (χ2n) is 6.56. The van der Waals surface area contributed by atoms with Gasteiger partial charge in [-0.2, -0.15) is 13.9 Å². The van der Waals surface area contributed by atoms with E-state index < -0.39 is 5.92 Å². The third-order valence-electron chi connectivity index (χ3n) is 3.95. The number of aryl methyl sites for hydroxylation is 1. The number of allylic oxidation sites excluding steroid dienone is 1. The topological polar surface area (TPSA) is 29.9 Å². The first kappa shape index (κ1) is 27.9. The molecule has 2 rings (SSSR count). The largest absolute Gasteiger partial charge is 0.384 e. The molecule has 0 aliphatic heterocycles. The van der Waals surface area contributed by atoms with E-state index in [1.807, 2.05) is 45.0 Å². The lowest BCUT2D eigenvalue weighted by Gasteiger charge is -2.12. The van der Waals surface area contributed by atoms with Crippen molar-refractivity contribution in [2.24, 2.45) is 7.05 Å². The fraction of sp³-hybridized carbons (Fsp3) is 0.458. The standard InChI is InChI=1S/C18H23F2N3S.C4H8.C2H6/c1-13(21-11-15-8-6-5-7-9-15)12-24-14(2)16-10-17(18(3,19)20)23(4)22-16;1-3-4-2;1-2/h5-10,14,21H,1,11-12H2,2-4H3;3H,1,4H2,2H3;1-2H3. The molecule has 0 saturated carbocycles. The van der Waals surface area contributed by atoms with E-state index >= 15 is 0 Å². The SMILES string of the molecule is C=C(CSC(C)c1cc(C(C)(F)F)n(C)n1)NCc1ccccc1.C=CCC.CC. The molecular weight excluding hydrogens is 400 g/mol. The highest BCUT2D eigenvalue weighted by molar-refractivity contribution is 7.99. The van der Waals surface area contributed by atoms with Gasteiger partial charge in [0.1, 0.15) is 5.69 Å². The summed E-state index contributed by atoms with van der Waals surface area (Å²) in [6.07, 6.45) is 2.96. The molecule has 6 heteroatoms. The van der Waals surface area contributed by atoms with Gasteiger partial charge in [0.05, 0.1) is 5.69 Å². The molecule has 1 aromatic heterocycles. The van der Waals surface area contributed by atoms with Gasteiger partial charge in [-0.15, -0.1) is 18.3 Å². The average Bonchev–Trinajstić information content (AvgIpc) is 3.15. The monoisotopic (exact) mass is 437 g/mol. The van der Waals surface area contributed by atoms with Crippen LogP contribution < -0.4 is 5.32 Å². The van der Waals surface area contributed by atoms with Gasteiger partial charge in [-0.1, -0.05) is 63.8 Å². The van der Waals surface area contributed by atoms with Crippen LogP contribution in [0, 0.1) is 0 Å². The summed E-state index contributed by atoms with van der Waals surface area (Å²) in [5.41, 5.74) is 2.70. The summed E-state index contributed by atoms with van der Waals surface area (Å²) in [5, 5.41) is 7.52. The zero-order valence-corrected chi connectivity index (χ0v) is 20.0. The van der Waals surface area contributed by atoms with Crippen molar-refractivity contribution in [2.45, 2.75) is 58.8 Å². The Kier molecular flexibility index (Phi) is 13.8. The van der Waals surface area contributed by atoms with Crippen molar-refractivity contribution in [3.05, 3.63) is 78.3 Å². The fourth-order valence-corrected chi connectivity index (χ4v) is 3.12. The van der Waals surface area contributed by atoms with Crippen LogP contribution in [0.1, 0.15) is 63.2 Å². The van der Waals surface area contributed by atoms with Crippen LogP contribution in [0.2, 0.25) is 0 Å². The summed E-state index contributed by atoms with van der Waals surface area (Å²) in [4.78, 5) is 0. The van der Waals surface area contributed by atoms with Crippen LogP contribution in [0.5, 0.6) is 0 Å². The van der Waals surface area contributed by atoms with Crippen LogP contribution in [0.4, 0.5) is 8.78 Å². The van der Waals surface area contributed by atoms with E-state index in [0.29, 0.717) is 11.4 Å². The highest BCUT2D eigenvalue weighted by atomic mass is 32.2. The molecule has 0 amide bonds. The van der Waals surface area contributed by atoms with Crippen LogP contribution in [0.3, 0.4) is 0 Å². The van der Waals surface area contributed by atoms with Crippen LogP contribution in [-0.4, -0.2) is 15.5 Å². The summed E-state index contributed by atoms with van der Waals surface area (Å²) in [5.74, 6) is -2.19. The molecule has 30 heavy (non-hydrogen) atoms. The molecule has 0 radical (unpaired) electrons. The number of aromatic nitrogens is 2. The van der Waals surface area contributed by atoms with Crippen molar-refractivity contribution in [1.82, 2.24) is 15.1 Å². The average molecular weight is 438 g/mol. The second-order valence-corrected chi connectivity index (χ2v) is 7.89. The smallest absolute Gasteiger partial charge is 0.286 e. The van der Waals surface area contributed by atoms with Gasteiger partial charge in [0.25, 0.3) is 5.92 Å². The number of nitrogens with zero attached hydrogens (tertiary/aromatic N) is 2. The minimum atomic E-state index is -2.88. The molecular formula is C24H37F2N3S. The maximum Gasteiger partial charge on any atom is 0.286 e. The van der Waals surface area contributed by atoms with Crippen LogP contribution in [0.15, 0.2) is 61.3 Å². The predicted octanol–water partition coefficient (Wildman–Crippen LogP) is 7.24. The first-order chi connectivity index (χ1) is 14.2. The number of hydrogen-bond acceptors (Lipinski definition) is 3. The van der Waals surface area contributed by atoms with E-state index in [0.717, 1.165) is 25.6 Å². The van der Waals surface area contributed by atoms with E-state index in [9.17, 15) is 8.78 Å². The van der Waals surface area contributed by atoms with Crippen molar-refractivity contribution in [3.63, 3.8) is 0 Å². The lowest BCUT2D eigenvalue weighted by molar-refractivity contribution is 0.00883. The normalized spacial score (nSPS) is 11.3. The molecule has 1 unspecified atom stereocenters. The fourth-order valence-electron chi connectivity index (χ4n) is 2.28. The van der Waals surface area contributed by atoms with Crippen molar-refractivity contribution < 1.29 is 8.78 Å². The number of hydrogen-bond donors (Lipinski definition) is 1. The van der Waals surface area contributed by atoms with E-state index in [-0.39, 0.29) is 10.9 Å². The molecule has 1 N–H and O–H groups in total. The third-order valence-corrected chi connectivity index (χ3v) is 5.20. The Hall–Kier alpha value is -2.08. The molecule has 0 fully saturated rings. The first-order valence-corrected chi connectivity index (χ1v) is 11.3. The zero-order chi connectivity index (χ0) is 23.2. The van der Waals surface area contributed by atoms with Gasteiger partial charge in [0.2, 0.25) is 0 Å². The van der Waals surface area contributed by atoms with Crippen molar-refractivity contribution in [3.8, 4) is 0 Å². The lowest BCUT2D eigenvalue weighted by Crippen LogP contribution is -2.13. The zero-order valence-electron chi connectivity index (χ0n) is 19.2. The molecule has 2 aromatic rings. The summed E-state index contributed by atoms with van der Waals surface area (Å²) >= 11 is 1.62. The Morgan fingerprint density at radius 2 is 1.87 bits per heavy atom. The van der Waals surface area contributed by atoms with Crippen molar-refractivity contribution in [1.29, 1.82) is 0 Å². The van der Waals surface area contributed by atoms with E-state index in [1.54, 1.807) is 18.8 Å². The maximum absolute atomic E-state index is 13.5. The summed E-state index contributed by atoms with van der Waals surface area (Å²) in [6, 6.07) is 11.6. The Morgan fingerprint density at radius 1 is 1.30 bits per heavy atom. The van der Waals surface area contributed by atoms with Gasteiger partial charge in [0.15, 0.2) is 0 Å². The van der Waals surface area contributed by atoms with Crippen molar-refractivity contribution >= 4 is 11.8 Å². The van der Waals surface area contributed by atoms with Crippen LogP contribution >= 0.6 is 11.8 Å². The van der Waals surface area contributed by atoms with Gasteiger partial charge in [-0.3, -0.25) is 4.68 Å². The molecule has 1 aromatic carbocycles. The summed E-state index contributed by atoms with van der Waals surface area (Å²) in [7, 11) is 1.55. The molecule has 0 aliphatic rings. The number of halogens is 2. The first-order valence-electron chi connectivity index (χ1n) is 10.3. The van der Waals surface area contributed by atoms with Gasteiger partial charge in [-0.25, -0.2) is 0 Å². The third kappa shape index (κ3) is 10.6. The molecule has 0 bridgehead atoms. The molecule has 3 nitrogen and oxygen atoms in total. The van der Waals surface area contributed by atoms with Gasteiger partial charge in [-0.05, 0) is 25.0 Å². The Bertz CT molecular complexity index is 737. The molecule has 1 atom stereocenters. The molecule has 0 spiro atoms.